The van der Waals surface area contributed by atoms with E-state index in [1.165, 1.54) is 0 Å². The maximum atomic E-state index is 12.8. The molecule has 0 amide bonds. The van der Waals surface area contributed by atoms with E-state index in [1.54, 1.807) is 0 Å². The molecule has 0 aliphatic heterocycles. The smallest absolute Gasteiger partial charge is 0.339 e. The second kappa shape index (κ2) is 5.67. The average Bonchev–Trinajstić information content (AvgIpc) is 2.26. The van der Waals surface area contributed by atoms with E-state index in [9.17, 15) is 13.6 Å². The number of rotatable bonds is 3. The second-order valence-corrected chi connectivity index (χ2v) is 4.13. The Morgan fingerprint density at radius 1 is 1.62 bits per heavy atom. The summed E-state index contributed by atoms with van der Waals surface area (Å²) < 4.78 is 30.2. The van der Waals surface area contributed by atoms with Crippen LogP contribution in [-0.2, 0) is 10.1 Å². The number of carbonyl (C=O) groups excluding carboxylic acids is 1. The van der Waals surface area contributed by atoms with Gasteiger partial charge < -0.3 is 4.74 Å². The Hall–Kier alpha value is -0.560. The van der Waals surface area contributed by atoms with Crippen molar-refractivity contribution in [2.45, 2.75) is 11.8 Å². The van der Waals surface area contributed by atoms with E-state index >= 15 is 0 Å². The second-order valence-electron chi connectivity index (χ2n) is 2.77. The maximum Gasteiger partial charge on any atom is 0.339 e. The van der Waals surface area contributed by atoms with E-state index in [2.05, 4.69) is 41.6 Å². The van der Waals surface area contributed by atoms with Gasteiger partial charge in [0.2, 0.25) is 0 Å². The molecular formula is C9H7Br2F2NO2. The summed E-state index contributed by atoms with van der Waals surface area (Å²) in [4.78, 5) is 15.1. The zero-order valence-corrected chi connectivity index (χ0v) is 11.3. The summed E-state index contributed by atoms with van der Waals surface area (Å²) in [7, 11) is 1.13. The first-order chi connectivity index (χ1) is 7.52. The number of hydrogen-bond donors (Lipinski definition) is 0. The van der Waals surface area contributed by atoms with Gasteiger partial charge in [-0.1, -0.05) is 15.9 Å². The summed E-state index contributed by atoms with van der Waals surface area (Å²) >= 11 is 6.13. The minimum Gasteiger partial charge on any atom is -0.465 e. The van der Waals surface area contributed by atoms with Crippen LogP contribution in [0, 0.1) is 0 Å². The molecule has 0 aliphatic rings. The van der Waals surface area contributed by atoms with E-state index in [0.29, 0.717) is 11.0 Å². The molecule has 0 radical (unpaired) electrons. The number of halogens is 4. The zero-order chi connectivity index (χ0) is 12.3. The lowest BCUT2D eigenvalue weighted by Crippen LogP contribution is -2.09. The standard InChI is InChI=1S/C9H7Br2F2NO2/c1-16-9(15)4-3-14-5(2-10)7(11)6(4)8(12)13/h3,8H,2H2,1H3. The van der Waals surface area contributed by atoms with Gasteiger partial charge in [-0.2, -0.15) is 0 Å². The third kappa shape index (κ3) is 2.57. The molecule has 0 spiro atoms. The molecule has 0 unspecified atom stereocenters. The van der Waals surface area contributed by atoms with Crippen LogP contribution >= 0.6 is 31.9 Å². The van der Waals surface area contributed by atoms with Gasteiger partial charge in [0.1, 0.15) is 0 Å². The lowest BCUT2D eigenvalue weighted by Gasteiger charge is -2.11. The van der Waals surface area contributed by atoms with Crippen LogP contribution < -0.4 is 0 Å². The SMILES string of the molecule is COC(=O)c1cnc(CBr)c(Br)c1C(F)F. The summed E-state index contributed by atoms with van der Waals surface area (Å²) in [6.45, 7) is 0. The van der Waals surface area contributed by atoms with Gasteiger partial charge in [-0.05, 0) is 15.9 Å². The number of pyridine rings is 1. The molecule has 88 valence electrons. The normalized spacial score (nSPS) is 10.6. The minimum atomic E-state index is -2.77. The van der Waals surface area contributed by atoms with Crippen LogP contribution in [-0.4, -0.2) is 18.1 Å². The summed E-state index contributed by atoms with van der Waals surface area (Å²) in [5.41, 5.74) is -0.215. The number of aromatic nitrogens is 1. The van der Waals surface area contributed by atoms with Crippen molar-refractivity contribution < 1.29 is 18.3 Å². The van der Waals surface area contributed by atoms with Crippen molar-refractivity contribution in [2.75, 3.05) is 7.11 Å². The summed E-state index contributed by atoms with van der Waals surface area (Å²) in [6.07, 6.45) is -1.68. The number of nitrogens with zero attached hydrogens (tertiary/aromatic N) is 1. The molecule has 7 heteroatoms. The predicted octanol–water partition coefficient (Wildman–Crippen LogP) is 3.46. The molecular weight excluding hydrogens is 352 g/mol. The van der Waals surface area contributed by atoms with Crippen molar-refractivity contribution in [3.05, 3.63) is 27.5 Å². The van der Waals surface area contributed by atoms with Crippen LogP contribution in [0.1, 0.15) is 28.0 Å². The van der Waals surface area contributed by atoms with Crippen molar-refractivity contribution in [2.24, 2.45) is 0 Å². The number of hydrogen-bond acceptors (Lipinski definition) is 3. The lowest BCUT2D eigenvalue weighted by atomic mass is 10.1. The minimum absolute atomic E-state index is 0.127. The van der Waals surface area contributed by atoms with Crippen molar-refractivity contribution in [1.29, 1.82) is 0 Å². The third-order valence-corrected chi connectivity index (χ3v) is 3.30. The highest BCUT2D eigenvalue weighted by molar-refractivity contribution is 9.10. The third-order valence-electron chi connectivity index (χ3n) is 1.88. The highest BCUT2D eigenvalue weighted by Gasteiger charge is 2.24. The average molecular weight is 359 g/mol. The number of methoxy groups -OCH3 is 1. The summed E-state index contributed by atoms with van der Waals surface area (Å²) in [5.74, 6) is -0.829. The topological polar surface area (TPSA) is 39.2 Å². The number of esters is 1. The molecule has 0 fully saturated rings. The van der Waals surface area contributed by atoms with Gasteiger partial charge in [0.15, 0.2) is 0 Å². The van der Waals surface area contributed by atoms with Crippen LogP contribution in [0.4, 0.5) is 8.78 Å². The Labute approximate surface area is 107 Å². The van der Waals surface area contributed by atoms with Crippen LogP contribution in [0.25, 0.3) is 0 Å². The highest BCUT2D eigenvalue weighted by atomic mass is 79.9. The van der Waals surface area contributed by atoms with E-state index in [0.717, 1.165) is 13.3 Å². The molecule has 3 nitrogen and oxygen atoms in total. The quantitative estimate of drug-likeness (QED) is 0.613. The molecule has 0 saturated carbocycles. The van der Waals surface area contributed by atoms with E-state index in [4.69, 9.17) is 0 Å². The Morgan fingerprint density at radius 2 is 2.25 bits per heavy atom. The van der Waals surface area contributed by atoms with Gasteiger partial charge >= 0.3 is 5.97 Å². The molecule has 1 heterocycles. The molecule has 0 atom stereocenters. The zero-order valence-electron chi connectivity index (χ0n) is 8.14. The lowest BCUT2D eigenvalue weighted by molar-refractivity contribution is 0.0588. The first kappa shape index (κ1) is 13.5. The van der Waals surface area contributed by atoms with Crippen molar-refractivity contribution in [3.8, 4) is 0 Å². The monoisotopic (exact) mass is 357 g/mol. The van der Waals surface area contributed by atoms with Crippen molar-refractivity contribution in [1.82, 2.24) is 4.98 Å². The van der Waals surface area contributed by atoms with Crippen LogP contribution in [0.15, 0.2) is 10.7 Å². The Bertz CT molecular complexity index is 413. The van der Waals surface area contributed by atoms with Gasteiger partial charge in [-0.15, -0.1) is 0 Å². The number of ether oxygens (including phenoxy) is 1. The molecule has 1 rings (SSSR count). The molecule has 0 aliphatic carbocycles. The van der Waals surface area contributed by atoms with E-state index in [-0.39, 0.29) is 10.0 Å². The molecule has 1 aromatic rings. The predicted molar refractivity (Wildman–Crippen MR) is 60.9 cm³/mol. The molecule has 1 aromatic heterocycles. The fourth-order valence-electron chi connectivity index (χ4n) is 1.12. The molecule has 16 heavy (non-hydrogen) atoms. The Balaban J connectivity index is 3.40. The van der Waals surface area contributed by atoms with Gasteiger partial charge in [-0.25, -0.2) is 13.6 Å². The van der Waals surface area contributed by atoms with Crippen molar-refractivity contribution >= 4 is 37.8 Å². The van der Waals surface area contributed by atoms with Crippen molar-refractivity contribution in [3.63, 3.8) is 0 Å². The van der Waals surface area contributed by atoms with E-state index in [1.807, 2.05) is 0 Å². The van der Waals surface area contributed by atoms with Crippen LogP contribution in [0.2, 0.25) is 0 Å². The fourth-order valence-corrected chi connectivity index (χ4v) is 2.55. The largest absolute Gasteiger partial charge is 0.465 e. The number of alkyl halides is 3. The summed E-state index contributed by atoms with van der Waals surface area (Å²) in [6, 6.07) is 0. The first-order valence-electron chi connectivity index (χ1n) is 4.12. The van der Waals surface area contributed by atoms with Gasteiger partial charge in [0, 0.05) is 21.6 Å². The first-order valence-corrected chi connectivity index (χ1v) is 6.04. The fraction of sp³-hybridized carbons (Fsp3) is 0.333. The highest BCUT2D eigenvalue weighted by Crippen LogP contribution is 2.33. The van der Waals surface area contributed by atoms with Gasteiger partial charge in [-0.3, -0.25) is 4.98 Å². The molecule has 0 bridgehead atoms. The van der Waals surface area contributed by atoms with Crippen LogP contribution in [0.5, 0.6) is 0 Å². The maximum absolute atomic E-state index is 12.8. The van der Waals surface area contributed by atoms with Crippen LogP contribution in [0.3, 0.4) is 0 Å². The molecule has 0 aromatic carbocycles. The van der Waals surface area contributed by atoms with E-state index < -0.39 is 18.0 Å². The Morgan fingerprint density at radius 3 is 2.69 bits per heavy atom. The molecule has 0 saturated heterocycles. The summed E-state index contributed by atoms with van der Waals surface area (Å²) in [5, 5.41) is 0.314. The Kier molecular flexibility index (Phi) is 4.79. The molecule has 0 N–H and O–H groups in total. The van der Waals surface area contributed by atoms with Gasteiger partial charge in [0.25, 0.3) is 6.43 Å². The van der Waals surface area contributed by atoms with Gasteiger partial charge in [0.05, 0.1) is 18.4 Å². The number of carbonyl (C=O) groups is 1.